The van der Waals surface area contributed by atoms with Crippen LogP contribution in [0.1, 0.15) is 23.2 Å². The van der Waals surface area contributed by atoms with E-state index in [-0.39, 0.29) is 0 Å². The number of nitrogens with zero attached hydrogens (tertiary/aromatic N) is 1. The van der Waals surface area contributed by atoms with E-state index in [1.54, 1.807) is 6.20 Å². The summed E-state index contributed by atoms with van der Waals surface area (Å²) in [6.07, 6.45) is 2.53. The zero-order valence-corrected chi connectivity index (χ0v) is 8.65. The summed E-state index contributed by atoms with van der Waals surface area (Å²) in [7, 11) is 0. The van der Waals surface area contributed by atoms with Crippen molar-refractivity contribution in [2.24, 2.45) is 0 Å². The maximum Gasteiger partial charge on any atom is 0.0431 e. The van der Waals surface area contributed by atoms with Gasteiger partial charge in [0, 0.05) is 29.8 Å². The van der Waals surface area contributed by atoms with Crippen LogP contribution in [0.4, 0.5) is 0 Å². The van der Waals surface area contributed by atoms with Gasteiger partial charge in [0.1, 0.15) is 0 Å². The van der Waals surface area contributed by atoms with Crippen LogP contribution in [-0.2, 0) is 0 Å². The van der Waals surface area contributed by atoms with Gasteiger partial charge in [0.15, 0.2) is 0 Å². The molecule has 0 aromatic carbocycles. The van der Waals surface area contributed by atoms with Gasteiger partial charge < -0.3 is 0 Å². The monoisotopic (exact) mass is 193 g/mol. The topological polar surface area (TPSA) is 12.9 Å². The Morgan fingerprint density at radius 2 is 2.23 bits per heavy atom. The molecule has 1 aromatic heterocycles. The lowest BCUT2D eigenvalue weighted by Crippen LogP contribution is -1.87. The van der Waals surface area contributed by atoms with Crippen molar-refractivity contribution in [1.29, 1.82) is 0 Å². The Bertz CT molecular complexity index is 347. The number of halogens is 1. The van der Waals surface area contributed by atoms with Crippen molar-refractivity contribution in [1.82, 2.24) is 4.98 Å². The van der Waals surface area contributed by atoms with Crippen molar-refractivity contribution in [3.63, 3.8) is 0 Å². The summed E-state index contributed by atoms with van der Waals surface area (Å²) in [4.78, 5) is 4.22. The SMILES string of the molecule is Cc1cc(C#CCCCl)cnc1C. The number of rotatable bonds is 1. The van der Waals surface area contributed by atoms with Gasteiger partial charge in [0.05, 0.1) is 0 Å². The van der Waals surface area contributed by atoms with Gasteiger partial charge in [-0.3, -0.25) is 4.98 Å². The summed E-state index contributed by atoms with van der Waals surface area (Å²) in [6.45, 7) is 4.03. The van der Waals surface area contributed by atoms with E-state index in [1.165, 1.54) is 5.56 Å². The molecule has 0 aliphatic carbocycles. The van der Waals surface area contributed by atoms with Crippen LogP contribution in [0, 0.1) is 25.7 Å². The zero-order chi connectivity index (χ0) is 9.68. The lowest BCUT2D eigenvalue weighted by Gasteiger charge is -1.97. The normalized spacial score (nSPS) is 9.15. The zero-order valence-electron chi connectivity index (χ0n) is 7.89. The molecule has 0 radical (unpaired) electrons. The van der Waals surface area contributed by atoms with Crippen LogP contribution in [-0.4, -0.2) is 10.9 Å². The quantitative estimate of drug-likeness (QED) is 0.494. The van der Waals surface area contributed by atoms with Gasteiger partial charge >= 0.3 is 0 Å². The predicted molar refractivity (Wildman–Crippen MR) is 55.9 cm³/mol. The van der Waals surface area contributed by atoms with Crippen LogP contribution < -0.4 is 0 Å². The van der Waals surface area contributed by atoms with Crippen LogP contribution in [0.25, 0.3) is 0 Å². The second kappa shape index (κ2) is 4.89. The van der Waals surface area contributed by atoms with Crippen molar-refractivity contribution in [3.8, 4) is 11.8 Å². The molecule has 2 heteroatoms. The smallest absolute Gasteiger partial charge is 0.0431 e. The maximum atomic E-state index is 5.51. The molecule has 0 aliphatic heterocycles. The Hall–Kier alpha value is -1.00. The molecule has 0 bridgehead atoms. The van der Waals surface area contributed by atoms with E-state index < -0.39 is 0 Å². The van der Waals surface area contributed by atoms with Crippen LogP contribution in [0.3, 0.4) is 0 Å². The fourth-order valence-corrected chi connectivity index (χ4v) is 1.02. The van der Waals surface area contributed by atoms with E-state index in [0.717, 1.165) is 17.7 Å². The fourth-order valence-electron chi connectivity index (χ4n) is 0.923. The van der Waals surface area contributed by atoms with Crippen LogP contribution in [0.15, 0.2) is 12.3 Å². The minimum Gasteiger partial charge on any atom is -0.260 e. The number of hydrogen-bond acceptors (Lipinski definition) is 1. The molecule has 0 saturated carbocycles. The summed E-state index contributed by atoms with van der Waals surface area (Å²) in [5.74, 6) is 6.58. The lowest BCUT2D eigenvalue weighted by atomic mass is 10.2. The molecule has 0 fully saturated rings. The number of aromatic nitrogens is 1. The average Bonchev–Trinajstić information content (AvgIpc) is 2.12. The van der Waals surface area contributed by atoms with E-state index in [0.29, 0.717) is 5.88 Å². The summed E-state index contributed by atoms with van der Waals surface area (Å²) < 4.78 is 0. The highest BCUT2D eigenvalue weighted by molar-refractivity contribution is 6.18. The maximum absolute atomic E-state index is 5.51. The Morgan fingerprint density at radius 3 is 2.85 bits per heavy atom. The van der Waals surface area contributed by atoms with Crippen molar-refractivity contribution in [2.75, 3.05) is 5.88 Å². The van der Waals surface area contributed by atoms with E-state index in [2.05, 4.69) is 16.8 Å². The fraction of sp³-hybridized carbons (Fsp3) is 0.364. The van der Waals surface area contributed by atoms with Gasteiger partial charge in [0.25, 0.3) is 0 Å². The third kappa shape index (κ3) is 3.08. The molecule has 0 aliphatic rings. The van der Waals surface area contributed by atoms with Gasteiger partial charge in [-0.1, -0.05) is 11.8 Å². The third-order valence-corrected chi connectivity index (χ3v) is 1.98. The molecule has 0 atom stereocenters. The number of hydrogen-bond donors (Lipinski definition) is 0. The molecule has 0 spiro atoms. The van der Waals surface area contributed by atoms with Crippen molar-refractivity contribution in [2.45, 2.75) is 20.3 Å². The van der Waals surface area contributed by atoms with Crippen molar-refractivity contribution < 1.29 is 0 Å². The second-order valence-electron chi connectivity index (χ2n) is 2.87. The molecule has 68 valence electrons. The van der Waals surface area contributed by atoms with Gasteiger partial charge in [-0.2, -0.15) is 0 Å². The number of alkyl halides is 1. The van der Waals surface area contributed by atoms with Crippen LogP contribution >= 0.6 is 11.6 Å². The first-order valence-corrected chi connectivity index (χ1v) is 4.75. The second-order valence-corrected chi connectivity index (χ2v) is 3.25. The van der Waals surface area contributed by atoms with Gasteiger partial charge in [-0.25, -0.2) is 0 Å². The highest BCUT2D eigenvalue weighted by Gasteiger charge is 1.93. The molecule has 0 amide bonds. The number of pyridine rings is 1. The van der Waals surface area contributed by atoms with E-state index in [1.807, 2.05) is 19.9 Å². The van der Waals surface area contributed by atoms with Crippen LogP contribution in [0.5, 0.6) is 0 Å². The summed E-state index contributed by atoms with van der Waals surface area (Å²) in [6, 6.07) is 2.05. The molecule has 0 unspecified atom stereocenters. The molecule has 0 saturated heterocycles. The summed E-state index contributed by atoms with van der Waals surface area (Å²) >= 11 is 5.51. The Morgan fingerprint density at radius 1 is 1.46 bits per heavy atom. The third-order valence-electron chi connectivity index (χ3n) is 1.79. The molecule has 1 aromatic rings. The number of aryl methyl sites for hydroxylation is 2. The van der Waals surface area contributed by atoms with E-state index >= 15 is 0 Å². The summed E-state index contributed by atoms with van der Waals surface area (Å²) in [5, 5.41) is 0. The Labute approximate surface area is 84.1 Å². The van der Waals surface area contributed by atoms with Crippen molar-refractivity contribution >= 4 is 11.6 Å². The highest BCUT2D eigenvalue weighted by atomic mass is 35.5. The van der Waals surface area contributed by atoms with Gasteiger partial charge in [-0.05, 0) is 25.5 Å². The molecular weight excluding hydrogens is 182 g/mol. The standard InChI is InChI=1S/C11H12ClN/c1-9-7-11(5-3-4-6-12)8-13-10(9)2/h7-8H,4,6H2,1-2H3. The van der Waals surface area contributed by atoms with Crippen LogP contribution in [0.2, 0.25) is 0 Å². The molecule has 1 nitrogen and oxygen atoms in total. The first-order chi connectivity index (χ1) is 6.24. The first-order valence-electron chi connectivity index (χ1n) is 4.22. The van der Waals surface area contributed by atoms with E-state index in [4.69, 9.17) is 11.6 Å². The molecule has 13 heavy (non-hydrogen) atoms. The molecule has 0 N–H and O–H groups in total. The minimum absolute atomic E-state index is 0.589. The lowest BCUT2D eigenvalue weighted by molar-refractivity contribution is 1.14. The minimum atomic E-state index is 0.589. The molecule has 1 heterocycles. The molecule has 1 rings (SSSR count). The summed E-state index contributed by atoms with van der Waals surface area (Å²) in [5.41, 5.74) is 3.20. The highest BCUT2D eigenvalue weighted by Crippen LogP contribution is 2.04. The van der Waals surface area contributed by atoms with Gasteiger partial charge in [-0.15, -0.1) is 11.6 Å². The van der Waals surface area contributed by atoms with Crippen molar-refractivity contribution in [3.05, 3.63) is 29.1 Å². The molecular formula is C11H12ClN. The first kappa shape index (κ1) is 10.1. The van der Waals surface area contributed by atoms with Gasteiger partial charge in [0.2, 0.25) is 0 Å². The Kier molecular flexibility index (Phi) is 3.79. The Balaban J connectivity index is 2.81. The van der Waals surface area contributed by atoms with E-state index in [9.17, 15) is 0 Å². The average molecular weight is 194 g/mol. The predicted octanol–water partition coefficient (Wildman–Crippen LogP) is 2.68. The largest absolute Gasteiger partial charge is 0.260 e.